The topological polar surface area (TPSA) is 59.8 Å². The number of amides is 1. The van der Waals surface area contributed by atoms with Gasteiger partial charge in [-0.2, -0.15) is 0 Å². The first-order valence-electron chi connectivity index (χ1n) is 7.75. The van der Waals surface area contributed by atoms with Gasteiger partial charge in [-0.05, 0) is 31.9 Å². The molecule has 1 aliphatic heterocycles. The number of carbonyl (C=O) groups is 2. The first-order chi connectivity index (χ1) is 11.0. The largest absolute Gasteiger partial charge is 0.466 e. The molecule has 1 amide bonds. The summed E-state index contributed by atoms with van der Waals surface area (Å²) in [6.07, 6.45) is 1.72. The fraction of sp³-hybridized carbons (Fsp3) is 0.500. The fourth-order valence-corrected chi connectivity index (χ4v) is 3.29. The average molecular weight is 360 g/mol. The van der Waals surface area contributed by atoms with Crippen molar-refractivity contribution in [3.63, 3.8) is 0 Å². The second-order valence-corrected chi connectivity index (χ2v) is 6.43. The first kappa shape index (κ1) is 18.0. The van der Waals surface area contributed by atoms with Crippen molar-refractivity contribution < 1.29 is 19.2 Å². The Kier molecular flexibility index (Phi) is 6.69. The molecule has 0 aliphatic carbocycles. The lowest BCUT2D eigenvalue weighted by atomic mass is 9.98. The number of nitrogens with one attached hydrogen (secondary N) is 2. The molecule has 7 heteroatoms. The minimum absolute atomic E-state index is 0.129. The highest BCUT2D eigenvalue weighted by molar-refractivity contribution is 6.39. The molecule has 1 aliphatic rings. The lowest BCUT2D eigenvalue weighted by Gasteiger charge is -2.28. The minimum Gasteiger partial charge on any atom is -0.466 e. The maximum Gasteiger partial charge on any atom is 0.314 e. The van der Waals surface area contributed by atoms with Crippen LogP contribution in [0, 0.1) is 5.92 Å². The molecule has 1 aromatic rings. The van der Waals surface area contributed by atoms with E-state index in [1.54, 1.807) is 25.1 Å². The van der Waals surface area contributed by atoms with Gasteiger partial charge >= 0.3 is 5.97 Å². The summed E-state index contributed by atoms with van der Waals surface area (Å²) in [6, 6.07) is 5.07. The number of hydrogen-bond donors (Lipinski definition) is 2. The van der Waals surface area contributed by atoms with Crippen molar-refractivity contribution in [2.24, 2.45) is 5.92 Å². The fourth-order valence-electron chi connectivity index (χ4n) is 2.80. The summed E-state index contributed by atoms with van der Waals surface area (Å²) in [6.45, 7) is 3.93. The lowest BCUT2D eigenvalue weighted by Crippen LogP contribution is -3.14. The van der Waals surface area contributed by atoms with E-state index in [-0.39, 0.29) is 24.3 Å². The molecule has 0 aromatic heterocycles. The highest BCUT2D eigenvalue weighted by Gasteiger charge is 2.30. The number of likely N-dealkylation sites (tertiary alicyclic amines) is 1. The van der Waals surface area contributed by atoms with E-state index in [4.69, 9.17) is 27.9 Å². The Labute approximate surface area is 145 Å². The number of quaternary nitrogens is 1. The number of halogens is 2. The van der Waals surface area contributed by atoms with E-state index < -0.39 is 0 Å². The maximum absolute atomic E-state index is 12.2. The maximum atomic E-state index is 12.2. The molecule has 2 rings (SSSR count). The monoisotopic (exact) mass is 359 g/mol. The predicted octanol–water partition coefficient (Wildman–Crippen LogP) is 1.79. The standard InChI is InChI=1S/C16H20Cl2N2O3/c1-2-23-16(22)11-5-4-8-20(9-11)10-14(21)19-15-12(17)6-3-7-13(15)18/h3,6-7,11H,2,4-5,8-10H2,1H3,(H,19,21)/p+1/t11-/m0/s1. The lowest BCUT2D eigenvalue weighted by molar-refractivity contribution is -0.899. The second-order valence-electron chi connectivity index (χ2n) is 5.62. The van der Waals surface area contributed by atoms with Crippen LogP contribution >= 0.6 is 23.2 Å². The third-order valence-electron chi connectivity index (χ3n) is 3.88. The number of ether oxygens (including phenoxy) is 1. The zero-order valence-electron chi connectivity index (χ0n) is 13.0. The van der Waals surface area contributed by atoms with Crippen LogP contribution in [0.2, 0.25) is 10.0 Å². The molecule has 5 nitrogen and oxygen atoms in total. The van der Waals surface area contributed by atoms with Gasteiger partial charge in [0.25, 0.3) is 5.91 Å². The molecule has 1 aromatic carbocycles. The zero-order chi connectivity index (χ0) is 16.8. The molecule has 23 heavy (non-hydrogen) atoms. The van der Waals surface area contributed by atoms with Crippen LogP contribution in [0.1, 0.15) is 19.8 Å². The number of anilines is 1. The Bertz CT molecular complexity index is 560. The summed E-state index contributed by atoms with van der Waals surface area (Å²) in [5.74, 6) is -0.464. The highest BCUT2D eigenvalue weighted by atomic mass is 35.5. The molecule has 0 bridgehead atoms. The van der Waals surface area contributed by atoms with Crippen LogP contribution in [0.3, 0.4) is 0 Å². The number of piperidine rings is 1. The zero-order valence-corrected chi connectivity index (χ0v) is 14.5. The molecule has 126 valence electrons. The number of rotatable bonds is 5. The van der Waals surface area contributed by atoms with Crippen molar-refractivity contribution in [3.8, 4) is 0 Å². The van der Waals surface area contributed by atoms with Crippen molar-refractivity contribution in [1.29, 1.82) is 0 Å². The third kappa shape index (κ3) is 5.09. The Hall–Kier alpha value is -1.30. The second kappa shape index (κ2) is 8.52. The van der Waals surface area contributed by atoms with Crippen LogP contribution in [0.4, 0.5) is 5.69 Å². The summed E-state index contributed by atoms with van der Waals surface area (Å²) in [7, 11) is 0. The predicted molar refractivity (Wildman–Crippen MR) is 90.0 cm³/mol. The summed E-state index contributed by atoms with van der Waals surface area (Å²) in [5, 5.41) is 3.57. The minimum atomic E-state index is -0.167. The van der Waals surface area contributed by atoms with E-state index in [1.165, 1.54) is 0 Å². The van der Waals surface area contributed by atoms with Crippen LogP contribution in [-0.2, 0) is 14.3 Å². The Morgan fingerprint density at radius 1 is 1.35 bits per heavy atom. The van der Waals surface area contributed by atoms with Gasteiger partial charge in [-0.1, -0.05) is 29.3 Å². The van der Waals surface area contributed by atoms with Gasteiger partial charge in [0.2, 0.25) is 0 Å². The molecule has 0 spiro atoms. The average Bonchev–Trinajstić information content (AvgIpc) is 2.51. The van der Waals surface area contributed by atoms with Crippen molar-refractivity contribution in [3.05, 3.63) is 28.2 Å². The molecule has 0 radical (unpaired) electrons. The highest BCUT2D eigenvalue weighted by Crippen LogP contribution is 2.29. The van der Waals surface area contributed by atoms with Gasteiger partial charge < -0.3 is 15.0 Å². The Balaban J connectivity index is 1.91. The van der Waals surface area contributed by atoms with Crippen LogP contribution < -0.4 is 10.2 Å². The van der Waals surface area contributed by atoms with E-state index in [0.717, 1.165) is 24.3 Å². The SMILES string of the molecule is CCOC(=O)[C@H]1CCC[NH+](CC(=O)Nc2c(Cl)cccc2Cl)C1. The normalized spacial score (nSPS) is 20.8. The van der Waals surface area contributed by atoms with Gasteiger partial charge in [-0.15, -0.1) is 0 Å². The quantitative estimate of drug-likeness (QED) is 0.788. The smallest absolute Gasteiger partial charge is 0.314 e. The number of benzene rings is 1. The van der Waals surface area contributed by atoms with Crippen molar-refractivity contribution in [2.75, 3.05) is 31.6 Å². The molecule has 0 saturated carbocycles. The molecule has 1 fully saturated rings. The van der Waals surface area contributed by atoms with Crippen molar-refractivity contribution >= 4 is 40.8 Å². The van der Waals surface area contributed by atoms with Crippen molar-refractivity contribution in [2.45, 2.75) is 19.8 Å². The summed E-state index contributed by atoms with van der Waals surface area (Å²) in [4.78, 5) is 25.1. The first-order valence-corrected chi connectivity index (χ1v) is 8.51. The molecular formula is C16H21Cl2N2O3+. The summed E-state index contributed by atoms with van der Waals surface area (Å²) >= 11 is 12.1. The number of carbonyl (C=O) groups excluding carboxylic acids is 2. The van der Waals surface area contributed by atoms with E-state index in [1.807, 2.05) is 0 Å². The third-order valence-corrected chi connectivity index (χ3v) is 4.51. The van der Waals surface area contributed by atoms with Crippen LogP contribution in [0.15, 0.2) is 18.2 Å². The van der Waals surface area contributed by atoms with Crippen LogP contribution in [0.25, 0.3) is 0 Å². The van der Waals surface area contributed by atoms with Gasteiger partial charge in [0, 0.05) is 0 Å². The van der Waals surface area contributed by atoms with Gasteiger partial charge in [0.15, 0.2) is 6.54 Å². The Morgan fingerprint density at radius 2 is 2.04 bits per heavy atom. The van der Waals surface area contributed by atoms with Crippen LogP contribution in [-0.4, -0.2) is 38.1 Å². The summed E-state index contributed by atoms with van der Waals surface area (Å²) in [5.41, 5.74) is 0.430. The molecule has 1 saturated heterocycles. The molecule has 2 N–H and O–H groups in total. The van der Waals surface area contributed by atoms with E-state index >= 15 is 0 Å². The molecule has 1 unspecified atom stereocenters. The molecular weight excluding hydrogens is 339 g/mol. The van der Waals surface area contributed by atoms with E-state index in [9.17, 15) is 9.59 Å². The van der Waals surface area contributed by atoms with E-state index in [0.29, 0.717) is 28.9 Å². The van der Waals surface area contributed by atoms with Crippen molar-refractivity contribution in [1.82, 2.24) is 0 Å². The number of esters is 1. The summed E-state index contributed by atoms with van der Waals surface area (Å²) < 4.78 is 5.07. The van der Waals surface area contributed by atoms with Gasteiger partial charge in [0.05, 0.1) is 35.4 Å². The van der Waals surface area contributed by atoms with Gasteiger partial charge in [-0.25, -0.2) is 0 Å². The number of para-hydroxylation sites is 1. The number of hydrogen-bond acceptors (Lipinski definition) is 3. The van der Waals surface area contributed by atoms with Gasteiger partial charge in [-0.3, -0.25) is 9.59 Å². The van der Waals surface area contributed by atoms with Crippen LogP contribution in [0.5, 0.6) is 0 Å². The van der Waals surface area contributed by atoms with E-state index in [2.05, 4.69) is 5.32 Å². The Morgan fingerprint density at radius 3 is 2.70 bits per heavy atom. The molecule has 2 atom stereocenters. The molecule has 1 heterocycles. The van der Waals surface area contributed by atoms with Gasteiger partial charge in [0.1, 0.15) is 5.92 Å².